The van der Waals surface area contributed by atoms with Crippen molar-refractivity contribution in [3.05, 3.63) is 0 Å². The molecule has 7 heavy (non-hydrogen) atoms. The third kappa shape index (κ3) is 1.12. The van der Waals surface area contributed by atoms with Gasteiger partial charge in [-0.05, 0) is 0 Å². The van der Waals surface area contributed by atoms with Gasteiger partial charge >= 0.3 is 0 Å². The molecule has 3 nitrogen and oxygen atoms in total. The molecule has 0 aromatic rings. The minimum absolute atomic E-state index is 0.475. The zero-order chi connectivity index (χ0) is 7.07. The molecule has 1 aliphatic rings. The van der Waals surface area contributed by atoms with Crippen molar-refractivity contribution in [3.63, 3.8) is 0 Å². The second-order valence-corrected chi connectivity index (χ2v) is 1.30. The van der Waals surface area contributed by atoms with Gasteiger partial charge in [-0.3, -0.25) is 0 Å². The molecular weight excluding hydrogens is 117 g/mol. The molecule has 0 saturated heterocycles. The van der Waals surface area contributed by atoms with Crippen LogP contribution in [0.1, 0.15) is 2.74 Å². The first-order valence-corrected chi connectivity index (χ1v) is 2.00. The first kappa shape index (κ1) is 3.02. The molecule has 1 rings (SSSR count). The summed E-state index contributed by atoms with van der Waals surface area (Å²) in [5.41, 5.74) is -1.99. The van der Waals surface area contributed by atoms with Crippen LogP contribution in [-0.4, -0.2) is 23.3 Å². The Morgan fingerprint density at radius 3 is 3.14 bits per heavy atom. The van der Waals surface area contributed by atoms with Crippen LogP contribution in [0, 0.1) is 0 Å². The van der Waals surface area contributed by atoms with E-state index in [1.807, 2.05) is 0 Å². The second kappa shape index (κ2) is 1.78. The molecule has 4 heteroatoms. The van der Waals surface area contributed by atoms with Gasteiger partial charge in [0.2, 0.25) is 0 Å². The summed E-state index contributed by atoms with van der Waals surface area (Å²) in [4.78, 5) is 3.14. The Hall–Kier alpha value is -0.120. The van der Waals surface area contributed by atoms with Crippen LogP contribution in [0.4, 0.5) is 0 Å². The highest BCUT2D eigenvalue weighted by Gasteiger charge is 2.13. The fourth-order valence-electron chi connectivity index (χ4n) is 0.251. The van der Waals surface area contributed by atoms with Crippen molar-refractivity contribution < 1.29 is 12.6 Å². The average molecular weight is 124 g/mol. The fourth-order valence-corrected chi connectivity index (χ4v) is 0.380. The van der Waals surface area contributed by atoms with E-state index in [4.69, 9.17) is 19.4 Å². The Labute approximate surface area is 48.4 Å². The molecule has 0 aliphatic carbocycles. The number of aliphatic hydroxyl groups is 1. The first-order valence-electron chi connectivity index (χ1n) is 2.62. The topological polar surface area (TPSA) is 41.8 Å². The standard InChI is InChI=1S/C3H4ClNO2/c4-2-1-5-3(6)7-2/h1-3,6H/i1D,2D. The summed E-state index contributed by atoms with van der Waals surface area (Å²) in [7, 11) is 0. The molecule has 0 fully saturated rings. The molecule has 1 N–H and O–H groups in total. The van der Waals surface area contributed by atoms with Gasteiger partial charge in [-0.2, -0.15) is 0 Å². The third-order valence-electron chi connectivity index (χ3n) is 0.472. The Kier molecular flexibility index (Phi) is 0.765. The summed E-state index contributed by atoms with van der Waals surface area (Å²) < 4.78 is 18.0. The zero-order valence-electron chi connectivity index (χ0n) is 5.26. The maximum Gasteiger partial charge on any atom is 0.257 e. The molecule has 2 atom stereocenters. The SMILES string of the molecule is [2H]C1=NC(O)OC1([2H])Cl. The van der Waals surface area contributed by atoms with Gasteiger partial charge in [-0.1, -0.05) is 11.6 Å². The molecule has 0 aromatic heterocycles. The van der Waals surface area contributed by atoms with Crippen LogP contribution in [-0.2, 0) is 4.74 Å². The van der Waals surface area contributed by atoms with Crippen molar-refractivity contribution in [2.24, 2.45) is 4.99 Å². The van der Waals surface area contributed by atoms with Crippen molar-refractivity contribution in [2.75, 3.05) is 0 Å². The van der Waals surface area contributed by atoms with Crippen LogP contribution >= 0.6 is 11.6 Å². The van der Waals surface area contributed by atoms with Gasteiger partial charge in [0.1, 0.15) is 0 Å². The molecule has 2 unspecified atom stereocenters. The summed E-state index contributed by atoms with van der Waals surface area (Å²) in [5, 5.41) is 8.50. The largest absolute Gasteiger partial charge is 0.350 e. The quantitative estimate of drug-likeness (QED) is 0.458. The highest BCUT2D eigenvalue weighted by atomic mass is 35.5. The summed E-state index contributed by atoms with van der Waals surface area (Å²) in [6.45, 7) is 0. The minimum atomic E-state index is -1.99. The van der Waals surface area contributed by atoms with E-state index in [0.29, 0.717) is 0 Å². The molecular formula is C3H4ClNO2. The molecule has 0 saturated carbocycles. The van der Waals surface area contributed by atoms with E-state index < -0.39 is 18.1 Å². The lowest BCUT2D eigenvalue weighted by molar-refractivity contribution is -0.0731. The zero-order valence-corrected chi connectivity index (χ0v) is 4.01. The van der Waals surface area contributed by atoms with E-state index >= 15 is 0 Å². The lowest BCUT2D eigenvalue weighted by Gasteiger charge is -1.96. The van der Waals surface area contributed by atoms with E-state index in [2.05, 4.69) is 9.73 Å². The molecule has 0 amide bonds. The monoisotopic (exact) mass is 123 g/mol. The molecule has 1 heterocycles. The predicted octanol–water partition coefficient (Wildman–Crippen LogP) is -0.0718. The summed E-state index contributed by atoms with van der Waals surface area (Å²) >= 11 is 5.18. The van der Waals surface area contributed by atoms with Gasteiger partial charge in [0, 0.05) is 6.19 Å². The summed E-state index contributed by atoms with van der Waals surface area (Å²) in [6, 6.07) is 0. The Balaban J connectivity index is 2.76. The number of nitrogens with zero attached hydrogens (tertiary/aromatic N) is 1. The van der Waals surface area contributed by atoms with Gasteiger partial charge in [0.25, 0.3) is 6.41 Å². The smallest absolute Gasteiger partial charge is 0.257 e. The number of aliphatic hydroxyl groups excluding tert-OH is 1. The minimum Gasteiger partial charge on any atom is -0.350 e. The van der Waals surface area contributed by atoms with Crippen LogP contribution in [0.3, 0.4) is 0 Å². The molecule has 0 aromatic carbocycles. The molecule has 0 radical (unpaired) electrons. The summed E-state index contributed by atoms with van der Waals surface area (Å²) in [6.07, 6.45) is -1.93. The average Bonchev–Trinajstić information content (AvgIpc) is 1.79. The van der Waals surface area contributed by atoms with Gasteiger partial charge in [0.05, 0.1) is 2.74 Å². The normalized spacial score (nSPS) is 55.7. The lowest BCUT2D eigenvalue weighted by Crippen LogP contribution is -2.05. The van der Waals surface area contributed by atoms with Crippen molar-refractivity contribution >= 4 is 17.8 Å². The molecule has 0 spiro atoms. The summed E-state index contributed by atoms with van der Waals surface area (Å²) in [5.74, 6) is 0. The van der Waals surface area contributed by atoms with E-state index in [0.717, 1.165) is 0 Å². The van der Waals surface area contributed by atoms with Gasteiger partial charge in [-0.25, -0.2) is 4.99 Å². The predicted molar refractivity (Wildman–Crippen MR) is 25.2 cm³/mol. The van der Waals surface area contributed by atoms with Crippen LogP contribution < -0.4 is 0 Å². The number of ether oxygens (including phenoxy) is 1. The maximum absolute atomic E-state index is 8.50. The van der Waals surface area contributed by atoms with Crippen molar-refractivity contribution in [3.8, 4) is 0 Å². The lowest BCUT2D eigenvalue weighted by atomic mass is 10.8. The fraction of sp³-hybridized carbons (Fsp3) is 0.667. The number of rotatable bonds is 0. The molecule has 1 aliphatic heterocycles. The Morgan fingerprint density at radius 2 is 3.00 bits per heavy atom. The van der Waals surface area contributed by atoms with Crippen molar-refractivity contribution in [1.82, 2.24) is 0 Å². The van der Waals surface area contributed by atoms with Gasteiger partial charge in [-0.15, -0.1) is 0 Å². The second-order valence-electron chi connectivity index (χ2n) is 0.959. The van der Waals surface area contributed by atoms with E-state index in [-0.39, 0.29) is 0 Å². The van der Waals surface area contributed by atoms with E-state index in [9.17, 15) is 0 Å². The highest BCUT2D eigenvalue weighted by molar-refractivity contribution is 6.27. The van der Waals surface area contributed by atoms with E-state index in [1.54, 1.807) is 0 Å². The highest BCUT2D eigenvalue weighted by Crippen LogP contribution is 2.06. The van der Waals surface area contributed by atoms with Gasteiger partial charge < -0.3 is 9.84 Å². The van der Waals surface area contributed by atoms with Crippen LogP contribution in [0.2, 0.25) is 0 Å². The van der Waals surface area contributed by atoms with Crippen LogP contribution in [0.15, 0.2) is 4.99 Å². The van der Waals surface area contributed by atoms with Gasteiger partial charge in [0.15, 0.2) is 5.54 Å². The first-order chi connectivity index (χ1) is 4.02. The number of aliphatic imine (C=N–C) groups is 1. The molecule has 40 valence electrons. The van der Waals surface area contributed by atoms with Crippen LogP contribution in [0.25, 0.3) is 0 Å². The number of hydrogen-bond acceptors (Lipinski definition) is 3. The Bertz CT molecular complexity index is 160. The van der Waals surface area contributed by atoms with Crippen molar-refractivity contribution in [2.45, 2.75) is 12.0 Å². The number of alkyl halides is 1. The van der Waals surface area contributed by atoms with Crippen molar-refractivity contribution in [1.29, 1.82) is 0 Å². The number of halogens is 1. The third-order valence-corrected chi connectivity index (χ3v) is 0.645. The van der Waals surface area contributed by atoms with E-state index in [1.165, 1.54) is 0 Å². The van der Waals surface area contributed by atoms with Crippen LogP contribution in [0.5, 0.6) is 0 Å². The maximum atomic E-state index is 8.50. The molecule has 0 bridgehead atoms. The Morgan fingerprint density at radius 1 is 2.29 bits per heavy atom. The number of hydrogen-bond donors (Lipinski definition) is 1.